The molecular formula is C12H12N2O3S. The van der Waals surface area contributed by atoms with Gasteiger partial charge in [0.15, 0.2) is 0 Å². The monoisotopic (exact) mass is 264 g/mol. The average Bonchev–Trinajstić information content (AvgIpc) is 2.81. The molecule has 0 spiro atoms. The maximum Gasteiger partial charge on any atom is 0.149 e. The van der Waals surface area contributed by atoms with Crippen molar-refractivity contribution in [3.05, 3.63) is 29.5 Å². The van der Waals surface area contributed by atoms with Crippen LogP contribution in [0.1, 0.15) is 4.88 Å². The van der Waals surface area contributed by atoms with Crippen molar-refractivity contribution in [3.8, 4) is 16.3 Å². The minimum Gasteiger partial charge on any atom is -0.495 e. The lowest BCUT2D eigenvalue weighted by molar-refractivity contribution is -0.183. The van der Waals surface area contributed by atoms with E-state index in [0.29, 0.717) is 19.0 Å². The molecule has 0 amide bonds. The topological polar surface area (TPSA) is 64.5 Å². The Bertz CT molecular complexity index is 552. The third kappa shape index (κ3) is 1.78. The molecule has 5 nitrogen and oxygen atoms in total. The first-order valence-electron chi connectivity index (χ1n) is 5.48. The molecule has 1 fully saturated rings. The summed E-state index contributed by atoms with van der Waals surface area (Å²) in [5.41, 5.74) is -0.0928. The molecular weight excluding hydrogens is 252 g/mol. The van der Waals surface area contributed by atoms with Crippen molar-refractivity contribution < 1.29 is 14.6 Å². The van der Waals surface area contributed by atoms with Gasteiger partial charge < -0.3 is 14.6 Å². The minimum atomic E-state index is -0.915. The molecule has 1 N–H and O–H groups in total. The van der Waals surface area contributed by atoms with Crippen molar-refractivity contribution in [2.24, 2.45) is 0 Å². The largest absolute Gasteiger partial charge is 0.495 e. The van der Waals surface area contributed by atoms with Crippen molar-refractivity contribution >= 4 is 11.3 Å². The highest BCUT2D eigenvalue weighted by Crippen LogP contribution is 2.44. The van der Waals surface area contributed by atoms with Gasteiger partial charge in [0.1, 0.15) is 17.7 Å². The van der Waals surface area contributed by atoms with Gasteiger partial charge in [0.05, 0.1) is 35.8 Å². The number of methoxy groups -OCH3 is 1. The summed E-state index contributed by atoms with van der Waals surface area (Å²) >= 11 is 1.47. The van der Waals surface area contributed by atoms with E-state index in [4.69, 9.17) is 9.47 Å². The molecule has 0 aliphatic carbocycles. The number of aromatic nitrogens is 2. The molecule has 0 unspecified atom stereocenters. The van der Waals surface area contributed by atoms with E-state index in [-0.39, 0.29) is 0 Å². The Morgan fingerprint density at radius 2 is 2.33 bits per heavy atom. The zero-order valence-corrected chi connectivity index (χ0v) is 10.6. The van der Waals surface area contributed by atoms with Gasteiger partial charge in [0, 0.05) is 12.3 Å². The Morgan fingerprint density at radius 1 is 1.50 bits per heavy atom. The highest BCUT2D eigenvalue weighted by Gasteiger charge is 2.42. The SMILES string of the molecule is COc1cc(-c2ccncn2)sc1C1(O)COC1. The predicted octanol–water partition coefficient (Wildman–Crippen LogP) is 1.43. The van der Waals surface area contributed by atoms with E-state index in [0.717, 1.165) is 15.4 Å². The summed E-state index contributed by atoms with van der Waals surface area (Å²) in [6.45, 7) is 0.625. The van der Waals surface area contributed by atoms with Gasteiger partial charge in [-0.15, -0.1) is 11.3 Å². The molecule has 1 saturated heterocycles. The zero-order valence-electron chi connectivity index (χ0n) is 9.79. The second kappa shape index (κ2) is 4.31. The second-order valence-corrected chi connectivity index (χ2v) is 5.18. The number of ether oxygens (including phenoxy) is 2. The van der Waals surface area contributed by atoms with E-state index >= 15 is 0 Å². The molecule has 2 aromatic rings. The summed E-state index contributed by atoms with van der Waals surface area (Å²) in [6, 6.07) is 3.72. The standard InChI is InChI=1S/C12H12N2O3S/c1-16-9-4-10(8-2-3-13-7-14-8)18-11(9)12(15)5-17-6-12/h2-4,7,15H,5-6H2,1H3. The lowest BCUT2D eigenvalue weighted by Gasteiger charge is -2.35. The molecule has 0 bridgehead atoms. The summed E-state index contributed by atoms with van der Waals surface area (Å²) in [5, 5.41) is 10.3. The molecule has 1 aliphatic rings. The summed E-state index contributed by atoms with van der Waals surface area (Å²) in [4.78, 5) is 9.83. The molecule has 0 radical (unpaired) electrons. The summed E-state index contributed by atoms with van der Waals surface area (Å²) in [5.74, 6) is 0.680. The zero-order chi connectivity index (χ0) is 12.6. The molecule has 0 saturated carbocycles. The summed E-state index contributed by atoms with van der Waals surface area (Å²) < 4.78 is 10.4. The maximum atomic E-state index is 10.3. The van der Waals surface area contributed by atoms with Gasteiger partial charge in [-0.2, -0.15) is 0 Å². The van der Waals surface area contributed by atoms with Gasteiger partial charge >= 0.3 is 0 Å². The summed E-state index contributed by atoms with van der Waals surface area (Å²) in [6.07, 6.45) is 3.19. The normalized spacial score (nSPS) is 17.2. The van der Waals surface area contributed by atoms with Crippen molar-refractivity contribution in [2.45, 2.75) is 5.60 Å². The van der Waals surface area contributed by atoms with E-state index in [1.807, 2.05) is 12.1 Å². The van der Waals surface area contributed by atoms with Gasteiger partial charge in [-0.1, -0.05) is 0 Å². The van der Waals surface area contributed by atoms with Gasteiger partial charge in [-0.25, -0.2) is 9.97 Å². The van der Waals surface area contributed by atoms with Crippen molar-refractivity contribution in [2.75, 3.05) is 20.3 Å². The smallest absolute Gasteiger partial charge is 0.149 e. The van der Waals surface area contributed by atoms with Crippen LogP contribution in [0.3, 0.4) is 0 Å². The summed E-state index contributed by atoms with van der Waals surface area (Å²) in [7, 11) is 1.60. The number of thiophene rings is 1. The number of aliphatic hydroxyl groups is 1. The van der Waals surface area contributed by atoms with E-state index < -0.39 is 5.60 Å². The molecule has 18 heavy (non-hydrogen) atoms. The van der Waals surface area contributed by atoms with E-state index in [2.05, 4.69) is 9.97 Å². The Balaban J connectivity index is 2.04. The van der Waals surface area contributed by atoms with Crippen LogP contribution in [-0.2, 0) is 10.3 Å². The lowest BCUT2D eigenvalue weighted by atomic mass is 10.00. The fraction of sp³-hybridized carbons (Fsp3) is 0.333. The Kier molecular flexibility index (Phi) is 2.77. The van der Waals surface area contributed by atoms with Crippen LogP contribution < -0.4 is 4.74 Å². The van der Waals surface area contributed by atoms with Crippen molar-refractivity contribution in [3.63, 3.8) is 0 Å². The maximum absolute atomic E-state index is 10.3. The van der Waals surface area contributed by atoms with Crippen LogP contribution in [0.25, 0.3) is 10.6 Å². The highest BCUT2D eigenvalue weighted by atomic mass is 32.1. The second-order valence-electron chi connectivity index (χ2n) is 4.13. The van der Waals surface area contributed by atoms with Crippen molar-refractivity contribution in [1.29, 1.82) is 0 Å². The van der Waals surface area contributed by atoms with Crippen LogP contribution in [0.5, 0.6) is 5.75 Å². The van der Waals surface area contributed by atoms with Crippen LogP contribution in [0.2, 0.25) is 0 Å². The van der Waals surface area contributed by atoms with Crippen LogP contribution in [-0.4, -0.2) is 35.4 Å². The van der Waals surface area contributed by atoms with Crippen LogP contribution >= 0.6 is 11.3 Å². The molecule has 1 aliphatic heterocycles. The first-order valence-corrected chi connectivity index (χ1v) is 6.29. The molecule has 94 valence electrons. The number of rotatable bonds is 3. The molecule has 3 heterocycles. The number of nitrogens with zero attached hydrogens (tertiary/aromatic N) is 2. The van der Waals surface area contributed by atoms with E-state index in [1.165, 1.54) is 17.7 Å². The van der Waals surface area contributed by atoms with E-state index in [9.17, 15) is 5.11 Å². The fourth-order valence-electron chi connectivity index (χ4n) is 1.84. The number of hydrogen-bond donors (Lipinski definition) is 1. The predicted molar refractivity (Wildman–Crippen MR) is 66.6 cm³/mol. The Hall–Kier alpha value is -1.50. The first kappa shape index (κ1) is 11.6. The molecule has 6 heteroatoms. The Labute approximate surface area is 108 Å². The van der Waals surface area contributed by atoms with Gasteiger partial charge in [0.25, 0.3) is 0 Å². The quantitative estimate of drug-likeness (QED) is 0.908. The molecule has 0 atom stereocenters. The van der Waals surface area contributed by atoms with Gasteiger partial charge in [0.2, 0.25) is 0 Å². The van der Waals surface area contributed by atoms with Gasteiger partial charge in [-0.3, -0.25) is 0 Å². The third-order valence-electron chi connectivity index (χ3n) is 2.86. The van der Waals surface area contributed by atoms with Crippen LogP contribution in [0, 0.1) is 0 Å². The van der Waals surface area contributed by atoms with E-state index in [1.54, 1.807) is 13.3 Å². The highest BCUT2D eigenvalue weighted by molar-refractivity contribution is 7.16. The van der Waals surface area contributed by atoms with Gasteiger partial charge in [-0.05, 0) is 6.07 Å². The third-order valence-corrected chi connectivity index (χ3v) is 4.19. The first-order chi connectivity index (χ1) is 8.73. The van der Waals surface area contributed by atoms with Crippen molar-refractivity contribution in [1.82, 2.24) is 9.97 Å². The minimum absolute atomic E-state index is 0.313. The molecule has 2 aromatic heterocycles. The molecule has 0 aromatic carbocycles. The van der Waals surface area contributed by atoms with Crippen LogP contribution in [0.4, 0.5) is 0 Å². The molecule has 3 rings (SSSR count). The Morgan fingerprint density at radius 3 is 2.89 bits per heavy atom. The average molecular weight is 264 g/mol. The fourth-order valence-corrected chi connectivity index (χ4v) is 3.00. The number of hydrogen-bond acceptors (Lipinski definition) is 6. The van der Waals surface area contributed by atoms with Crippen LogP contribution in [0.15, 0.2) is 24.7 Å². The lowest BCUT2D eigenvalue weighted by Crippen LogP contribution is -2.46.